The van der Waals surface area contributed by atoms with Gasteiger partial charge < -0.3 is 15.4 Å². The highest BCUT2D eigenvalue weighted by Crippen LogP contribution is 2.14. The third-order valence-electron chi connectivity index (χ3n) is 3.19. The summed E-state index contributed by atoms with van der Waals surface area (Å²) in [7, 11) is 0. The Bertz CT molecular complexity index is 664. The van der Waals surface area contributed by atoms with Crippen LogP contribution in [0.5, 0.6) is 5.75 Å². The van der Waals surface area contributed by atoms with Crippen molar-refractivity contribution >= 4 is 23.2 Å². The zero-order valence-corrected chi connectivity index (χ0v) is 13.3. The van der Waals surface area contributed by atoms with Crippen molar-refractivity contribution in [2.24, 2.45) is 0 Å². The lowest BCUT2D eigenvalue weighted by Crippen LogP contribution is -2.20. The molecule has 2 aromatic rings. The molecule has 0 unspecified atom stereocenters. The van der Waals surface area contributed by atoms with E-state index in [-0.39, 0.29) is 18.4 Å². The quantitative estimate of drug-likeness (QED) is 0.860. The molecule has 0 saturated heterocycles. The Morgan fingerprint density at radius 1 is 0.913 bits per heavy atom. The van der Waals surface area contributed by atoms with Crippen LogP contribution in [0.3, 0.4) is 0 Å². The van der Waals surface area contributed by atoms with Crippen LogP contribution < -0.4 is 15.4 Å². The summed E-state index contributed by atoms with van der Waals surface area (Å²) in [5, 5.41) is 5.40. The van der Waals surface area contributed by atoms with Crippen LogP contribution in [0.4, 0.5) is 11.4 Å². The second kappa shape index (κ2) is 7.98. The normalized spacial score (nSPS) is 10.0. The number of aryl methyl sites for hydroxylation is 1. The van der Waals surface area contributed by atoms with Crippen LogP contribution >= 0.6 is 0 Å². The van der Waals surface area contributed by atoms with Crippen LogP contribution in [0.2, 0.25) is 0 Å². The fourth-order valence-corrected chi connectivity index (χ4v) is 2.01. The van der Waals surface area contributed by atoms with Crippen molar-refractivity contribution in [3.8, 4) is 5.75 Å². The number of nitrogens with one attached hydrogen (secondary N) is 2. The second-order valence-corrected chi connectivity index (χ2v) is 5.09. The number of benzene rings is 2. The lowest BCUT2D eigenvalue weighted by molar-refractivity contribution is -0.118. The molecule has 2 aromatic carbocycles. The number of ether oxygens (including phenoxy) is 1. The number of anilines is 2. The molecule has 0 fully saturated rings. The number of carbonyl (C=O) groups excluding carboxylic acids is 2. The standard InChI is InChI=1S/C18H20N2O3/c1-3-14-4-10-17(11-5-14)23-12-18(22)20-16-8-6-15(7-9-16)19-13(2)21/h4-11H,3,12H2,1-2H3,(H,19,21)(H,20,22). The molecule has 5 heteroatoms. The van der Waals surface area contributed by atoms with Gasteiger partial charge in [-0.1, -0.05) is 19.1 Å². The first kappa shape index (κ1) is 16.5. The minimum Gasteiger partial charge on any atom is -0.484 e. The molecule has 0 aliphatic rings. The molecule has 5 nitrogen and oxygen atoms in total. The molecule has 0 radical (unpaired) electrons. The Hall–Kier alpha value is -2.82. The summed E-state index contributed by atoms with van der Waals surface area (Å²) < 4.78 is 5.45. The van der Waals surface area contributed by atoms with E-state index in [1.165, 1.54) is 12.5 Å². The van der Waals surface area contributed by atoms with Crippen LogP contribution in [0.1, 0.15) is 19.4 Å². The highest BCUT2D eigenvalue weighted by molar-refractivity contribution is 5.93. The minimum atomic E-state index is -0.239. The predicted octanol–water partition coefficient (Wildman–Crippen LogP) is 3.22. The van der Waals surface area contributed by atoms with Crippen LogP contribution in [0, 0.1) is 0 Å². The maximum absolute atomic E-state index is 11.9. The van der Waals surface area contributed by atoms with Gasteiger partial charge >= 0.3 is 0 Å². The van der Waals surface area contributed by atoms with Crippen molar-refractivity contribution in [1.29, 1.82) is 0 Å². The number of rotatable bonds is 6. The number of hydrogen-bond donors (Lipinski definition) is 2. The van der Waals surface area contributed by atoms with Gasteiger partial charge in [-0.25, -0.2) is 0 Å². The van der Waals surface area contributed by atoms with Gasteiger partial charge in [-0.05, 0) is 48.4 Å². The van der Waals surface area contributed by atoms with E-state index in [0.29, 0.717) is 17.1 Å². The average molecular weight is 312 g/mol. The van der Waals surface area contributed by atoms with Crippen LogP contribution in [-0.2, 0) is 16.0 Å². The lowest BCUT2D eigenvalue weighted by Gasteiger charge is -2.09. The van der Waals surface area contributed by atoms with Gasteiger partial charge in [0.15, 0.2) is 6.61 Å². The Morgan fingerprint density at radius 2 is 1.48 bits per heavy atom. The third-order valence-corrected chi connectivity index (χ3v) is 3.19. The van der Waals surface area contributed by atoms with Gasteiger partial charge in [0, 0.05) is 18.3 Å². The summed E-state index contributed by atoms with van der Waals surface area (Å²) in [5.74, 6) is 0.291. The van der Waals surface area contributed by atoms with Gasteiger partial charge in [0.05, 0.1) is 0 Å². The Kier molecular flexibility index (Phi) is 5.74. The highest BCUT2D eigenvalue weighted by Gasteiger charge is 2.04. The van der Waals surface area contributed by atoms with E-state index in [0.717, 1.165) is 6.42 Å². The van der Waals surface area contributed by atoms with Gasteiger partial charge in [-0.15, -0.1) is 0 Å². The van der Waals surface area contributed by atoms with Gasteiger partial charge in [0.25, 0.3) is 5.91 Å². The predicted molar refractivity (Wildman–Crippen MR) is 90.7 cm³/mol. The van der Waals surface area contributed by atoms with Crippen LogP contribution in [0.25, 0.3) is 0 Å². The van der Waals surface area contributed by atoms with Gasteiger partial charge in [0.1, 0.15) is 5.75 Å². The fraction of sp³-hybridized carbons (Fsp3) is 0.222. The molecule has 0 aliphatic heterocycles. The van der Waals surface area contributed by atoms with E-state index in [1.807, 2.05) is 24.3 Å². The summed E-state index contributed by atoms with van der Waals surface area (Å²) >= 11 is 0. The minimum absolute atomic E-state index is 0.0566. The van der Waals surface area contributed by atoms with Crippen LogP contribution in [-0.4, -0.2) is 18.4 Å². The highest BCUT2D eigenvalue weighted by atomic mass is 16.5. The van der Waals surface area contributed by atoms with Crippen molar-refractivity contribution < 1.29 is 14.3 Å². The van der Waals surface area contributed by atoms with E-state index >= 15 is 0 Å². The first-order valence-corrected chi connectivity index (χ1v) is 7.46. The topological polar surface area (TPSA) is 67.4 Å². The fourth-order valence-electron chi connectivity index (χ4n) is 2.01. The van der Waals surface area contributed by atoms with Gasteiger partial charge in [0.2, 0.25) is 5.91 Å². The summed E-state index contributed by atoms with van der Waals surface area (Å²) in [6.07, 6.45) is 0.968. The smallest absolute Gasteiger partial charge is 0.262 e. The Morgan fingerprint density at radius 3 is 2.00 bits per heavy atom. The lowest BCUT2D eigenvalue weighted by atomic mass is 10.2. The molecule has 0 spiro atoms. The van der Waals surface area contributed by atoms with Crippen molar-refractivity contribution in [1.82, 2.24) is 0 Å². The van der Waals surface area contributed by atoms with E-state index in [9.17, 15) is 9.59 Å². The summed E-state index contributed by atoms with van der Waals surface area (Å²) in [5.41, 5.74) is 2.55. The second-order valence-electron chi connectivity index (χ2n) is 5.09. The molecule has 0 aliphatic carbocycles. The molecule has 120 valence electrons. The van der Waals surface area contributed by atoms with Crippen molar-refractivity contribution in [3.63, 3.8) is 0 Å². The molecule has 0 bridgehead atoms. The summed E-state index contributed by atoms with van der Waals surface area (Å²) in [6.45, 7) is 3.47. The first-order chi connectivity index (χ1) is 11.1. The van der Waals surface area contributed by atoms with Gasteiger partial charge in [-0.2, -0.15) is 0 Å². The zero-order chi connectivity index (χ0) is 16.7. The molecule has 23 heavy (non-hydrogen) atoms. The molecule has 2 N–H and O–H groups in total. The largest absolute Gasteiger partial charge is 0.484 e. The molecule has 0 atom stereocenters. The maximum Gasteiger partial charge on any atom is 0.262 e. The molecule has 0 saturated carbocycles. The molecule has 2 rings (SSSR count). The third kappa shape index (κ3) is 5.47. The average Bonchev–Trinajstić information content (AvgIpc) is 2.55. The van der Waals surface area contributed by atoms with Crippen molar-refractivity contribution in [2.75, 3.05) is 17.2 Å². The number of carbonyl (C=O) groups is 2. The maximum atomic E-state index is 11.9. The number of hydrogen-bond acceptors (Lipinski definition) is 3. The molecular weight excluding hydrogens is 292 g/mol. The van der Waals surface area contributed by atoms with E-state index in [4.69, 9.17) is 4.74 Å². The first-order valence-electron chi connectivity index (χ1n) is 7.46. The zero-order valence-electron chi connectivity index (χ0n) is 13.3. The van der Waals surface area contributed by atoms with Crippen LogP contribution in [0.15, 0.2) is 48.5 Å². The Labute approximate surface area is 135 Å². The van der Waals surface area contributed by atoms with Crippen molar-refractivity contribution in [3.05, 3.63) is 54.1 Å². The molecule has 0 aromatic heterocycles. The summed E-state index contributed by atoms with van der Waals surface area (Å²) in [4.78, 5) is 22.8. The van der Waals surface area contributed by atoms with E-state index in [1.54, 1.807) is 24.3 Å². The monoisotopic (exact) mass is 312 g/mol. The molecule has 0 heterocycles. The van der Waals surface area contributed by atoms with E-state index < -0.39 is 0 Å². The van der Waals surface area contributed by atoms with Gasteiger partial charge in [-0.3, -0.25) is 9.59 Å². The Balaban J connectivity index is 1.82. The molecule has 2 amide bonds. The van der Waals surface area contributed by atoms with Crippen molar-refractivity contribution in [2.45, 2.75) is 20.3 Å². The van der Waals surface area contributed by atoms with E-state index in [2.05, 4.69) is 17.6 Å². The SMILES string of the molecule is CCc1ccc(OCC(=O)Nc2ccc(NC(C)=O)cc2)cc1. The molecular formula is C18H20N2O3. The summed E-state index contributed by atoms with van der Waals surface area (Å²) in [6, 6.07) is 14.6. The number of amides is 2.